The number of hydrogen-bond donors (Lipinski definition) is 3. The van der Waals surface area contributed by atoms with Gasteiger partial charge in [0.1, 0.15) is 11.7 Å². The molecule has 3 saturated carbocycles. The van der Waals surface area contributed by atoms with Gasteiger partial charge in [0.25, 0.3) is 5.91 Å². The highest BCUT2D eigenvalue weighted by molar-refractivity contribution is 6.48. The molecular formula is C29H40BN3O5. The Morgan fingerprint density at radius 1 is 1.11 bits per heavy atom. The molecule has 4 fully saturated rings. The summed E-state index contributed by atoms with van der Waals surface area (Å²) in [6.45, 7) is 12.5. The van der Waals surface area contributed by atoms with Crippen molar-refractivity contribution < 1.29 is 24.0 Å². The van der Waals surface area contributed by atoms with E-state index in [-0.39, 0.29) is 28.7 Å². The van der Waals surface area contributed by atoms with Crippen molar-refractivity contribution in [2.45, 2.75) is 90.6 Å². The third kappa shape index (κ3) is 4.73. The van der Waals surface area contributed by atoms with Crippen molar-refractivity contribution in [2.75, 3.05) is 0 Å². The van der Waals surface area contributed by atoms with Crippen molar-refractivity contribution in [2.24, 2.45) is 23.2 Å². The van der Waals surface area contributed by atoms with Crippen molar-refractivity contribution in [3.63, 3.8) is 0 Å². The lowest BCUT2D eigenvalue weighted by Gasteiger charge is -2.64. The normalized spacial score (nSPS) is 29.8. The Morgan fingerprint density at radius 2 is 1.84 bits per heavy atom. The molecule has 1 saturated heterocycles. The molecule has 0 spiro atoms. The summed E-state index contributed by atoms with van der Waals surface area (Å²) in [6, 6.07) is 9.77. The summed E-state index contributed by atoms with van der Waals surface area (Å²) in [7, 11) is -0.584. The summed E-state index contributed by atoms with van der Waals surface area (Å²) >= 11 is 0. The number of amides is 2. The standard InChI is InChI=1S/C29H40BN3O5/c1-16(2)13-24(30-37-23-15-19-14-22(28(19,4)5)29(23,6)38-30)32-27(36)25(17(3)34)33-26(35)21-12-11-18-9-7-8-10-20(18)31-21/h7-12,16-17,19,22-25,34H,13-15H2,1-6H3,(H,32,36)(H,33,35)/t17-,19-,22-,23-,24+,25+,29+/m1/s1. The molecule has 6 rings (SSSR count). The Labute approximate surface area is 225 Å². The van der Waals surface area contributed by atoms with Gasteiger partial charge in [-0.05, 0) is 68.4 Å². The zero-order chi connectivity index (χ0) is 27.4. The van der Waals surface area contributed by atoms with Gasteiger partial charge >= 0.3 is 7.12 Å². The smallest absolute Gasteiger partial charge is 0.404 e. The van der Waals surface area contributed by atoms with Crippen LogP contribution in [0.15, 0.2) is 36.4 Å². The van der Waals surface area contributed by atoms with E-state index >= 15 is 0 Å². The molecule has 0 unspecified atom stereocenters. The van der Waals surface area contributed by atoms with Crippen LogP contribution in [-0.4, -0.2) is 58.8 Å². The summed E-state index contributed by atoms with van der Waals surface area (Å²) in [4.78, 5) is 30.9. The van der Waals surface area contributed by atoms with Gasteiger partial charge in [-0.15, -0.1) is 0 Å². The highest BCUT2D eigenvalue weighted by Gasteiger charge is 2.68. The molecule has 2 bridgehead atoms. The summed E-state index contributed by atoms with van der Waals surface area (Å²) in [5.41, 5.74) is 0.699. The second kappa shape index (κ2) is 9.92. The minimum atomic E-state index is -1.16. The molecule has 1 aromatic heterocycles. The fourth-order valence-corrected chi connectivity index (χ4v) is 6.90. The molecule has 8 nitrogen and oxygen atoms in total. The monoisotopic (exact) mass is 521 g/mol. The van der Waals surface area contributed by atoms with E-state index in [1.165, 1.54) is 6.92 Å². The van der Waals surface area contributed by atoms with Gasteiger partial charge in [-0.3, -0.25) is 9.59 Å². The number of pyridine rings is 1. The van der Waals surface area contributed by atoms with E-state index in [0.29, 0.717) is 23.8 Å². The van der Waals surface area contributed by atoms with E-state index in [4.69, 9.17) is 9.31 Å². The number of aromatic nitrogens is 1. The maximum absolute atomic E-state index is 13.5. The highest BCUT2D eigenvalue weighted by atomic mass is 16.7. The minimum Gasteiger partial charge on any atom is -0.404 e. The number of hydrogen-bond acceptors (Lipinski definition) is 6. The average molecular weight is 521 g/mol. The Bertz CT molecular complexity index is 1220. The number of nitrogens with one attached hydrogen (secondary N) is 2. The average Bonchev–Trinajstić information content (AvgIpc) is 3.23. The van der Waals surface area contributed by atoms with Crippen LogP contribution in [0.5, 0.6) is 0 Å². The molecule has 1 aliphatic heterocycles. The number of aliphatic hydroxyl groups is 1. The van der Waals surface area contributed by atoms with E-state index in [2.05, 4.69) is 50.2 Å². The first-order chi connectivity index (χ1) is 17.9. The molecule has 204 valence electrons. The molecule has 38 heavy (non-hydrogen) atoms. The van der Waals surface area contributed by atoms with Crippen molar-refractivity contribution >= 4 is 29.8 Å². The Hall–Kier alpha value is -2.49. The van der Waals surface area contributed by atoms with E-state index < -0.39 is 37.0 Å². The van der Waals surface area contributed by atoms with E-state index in [1.807, 2.05) is 30.3 Å². The van der Waals surface area contributed by atoms with Crippen LogP contribution in [-0.2, 0) is 14.1 Å². The predicted octanol–water partition coefficient (Wildman–Crippen LogP) is 3.51. The molecule has 0 radical (unpaired) electrons. The molecule has 9 heteroatoms. The van der Waals surface area contributed by atoms with Gasteiger partial charge in [0.15, 0.2) is 0 Å². The summed E-state index contributed by atoms with van der Waals surface area (Å²) in [6.07, 6.45) is 1.64. The molecule has 2 aromatic rings. The Balaban J connectivity index is 1.30. The third-order valence-corrected chi connectivity index (χ3v) is 9.23. The van der Waals surface area contributed by atoms with Crippen molar-refractivity contribution in [3.8, 4) is 0 Å². The lowest BCUT2D eigenvalue weighted by molar-refractivity contribution is -0.199. The van der Waals surface area contributed by atoms with Gasteiger partial charge in [0.2, 0.25) is 5.91 Å². The van der Waals surface area contributed by atoms with Crippen molar-refractivity contribution in [3.05, 3.63) is 42.1 Å². The first-order valence-electron chi connectivity index (χ1n) is 13.9. The number of benzene rings is 1. The lowest BCUT2D eigenvalue weighted by atomic mass is 9.43. The summed E-state index contributed by atoms with van der Waals surface area (Å²) < 4.78 is 13.1. The van der Waals surface area contributed by atoms with Crippen molar-refractivity contribution in [1.29, 1.82) is 0 Å². The number of fused-ring (bicyclic) bond motifs is 1. The highest BCUT2D eigenvalue weighted by Crippen LogP contribution is 2.65. The first kappa shape index (κ1) is 27.1. The molecular weight excluding hydrogens is 481 g/mol. The number of aliphatic hydroxyl groups excluding tert-OH is 1. The number of carbonyl (C=O) groups is 2. The number of para-hydroxylation sites is 1. The third-order valence-electron chi connectivity index (χ3n) is 9.23. The number of carbonyl (C=O) groups excluding carboxylic acids is 2. The van der Waals surface area contributed by atoms with E-state index in [1.54, 1.807) is 6.07 Å². The summed E-state index contributed by atoms with van der Waals surface area (Å²) in [5.74, 6) is -0.0953. The predicted molar refractivity (Wildman–Crippen MR) is 146 cm³/mol. The molecule has 1 aromatic carbocycles. The molecule has 7 atom stereocenters. The van der Waals surface area contributed by atoms with Crippen LogP contribution in [0.4, 0.5) is 0 Å². The molecule has 2 amide bonds. The van der Waals surface area contributed by atoms with Crippen LogP contribution in [0.2, 0.25) is 0 Å². The maximum atomic E-state index is 13.5. The first-order valence-corrected chi connectivity index (χ1v) is 13.9. The molecule has 3 N–H and O–H groups in total. The van der Waals surface area contributed by atoms with Crippen LogP contribution < -0.4 is 10.6 Å². The van der Waals surface area contributed by atoms with Crippen LogP contribution >= 0.6 is 0 Å². The quantitative estimate of drug-likeness (QED) is 0.459. The maximum Gasteiger partial charge on any atom is 0.481 e. The zero-order valence-electron chi connectivity index (χ0n) is 23.2. The Morgan fingerprint density at radius 3 is 2.53 bits per heavy atom. The molecule has 2 heterocycles. The zero-order valence-corrected chi connectivity index (χ0v) is 23.2. The van der Waals surface area contributed by atoms with Crippen LogP contribution in [0.3, 0.4) is 0 Å². The SMILES string of the molecule is CC(C)C[C@H](NC(=O)[C@@H](NC(=O)c1ccc2ccccc2n1)[C@@H](C)O)B1O[C@@H]2C[C@H]3C[C@H](C3(C)C)[C@]2(C)O1. The number of nitrogens with zero attached hydrogens (tertiary/aromatic N) is 1. The van der Waals surface area contributed by atoms with Gasteiger partial charge < -0.3 is 25.0 Å². The van der Waals surface area contributed by atoms with Crippen molar-refractivity contribution in [1.82, 2.24) is 15.6 Å². The van der Waals surface area contributed by atoms with E-state index in [9.17, 15) is 14.7 Å². The van der Waals surface area contributed by atoms with E-state index in [0.717, 1.165) is 18.2 Å². The largest absolute Gasteiger partial charge is 0.481 e. The van der Waals surface area contributed by atoms with Crippen LogP contribution in [0.1, 0.15) is 71.3 Å². The second-order valence-corrected chi connectivity index (χ2v) is 12.7. The van der Waals surface area contributed by atoms with Gasteiger partial charge in [0.05, 0.1) is 29.3 Å². The number of rotatable bonds is 8. The van der Waals surface area contributed by atoms with Gasteiger partial charge in [0, 0.05) is 5.39 Å². The Kier molecular flexibility index (Phi) is 7.07. The molecule has 3 aliphatic carbocycles. The van der Waals surface area contributed by atoms with Crippen LogP contribution in [0, 0.1) is 23.2 Å². The minimum absolute atomic E-state index is 0.00193. The lowest BCUT2D eigenvalue weighted by Crippen LogP contribution is -2.65. The molecule has 4 aliphatic rings. The summed E-state index contributed by atoms with van der Waals surface area (Å²) in [5, 5.41) is 17.1. The second-order valence-electron chi connectivity index (χ2n) is 12.7. The fourth-order valence-electron chi connectivity index (χ4n) is 6.90. The van der Waals surface area contributed by atoms with Gasteiger partial charge in [-0.1, -0.05) is 52.0 Å². The fraction of sp³-hybridized carbons (Fsp3) is 0.621. The van der Waals surface area contributed by atoms with Gasteiger partial charge in [-0.25, -0.2) is 4.98 Å². The topological polar surface area (TPSA) is 110 Å². The van der Waals surface area contributed by atoms with Gasteiger partial charge in [-0.2, -0.15) is 0 Å². The van der Waals surface area contributed by atoms with Crippen LogP contribution in [0.25, 0.3) is 10.9 Å².